The number of nitrogens with two attached hydrogens (primary N) is 1. The second-order valence-electron chi connectivity index (χ2n) is 6.48. The van der Waals surface area contributed by atoms with Gasteiger partial charge in [0.1, 0.15) is 5.54 Å². The fraction of sp³-hybridized carbons (Fsp3) is 0.562. The molecule has 0 aromatic heterocycles. The molecule has 0 bridgehead atoms. The van der Waals surface area contributed by atoms with Crippen LogP contribution in [0.1, 0.15) is 25.7 Å². The van der Waals surface area contributed by atoms with E-state index in [-0.39, 0.29) is 12.2 Å². The zero-order chi connectivity index (χ0) is 17.7. The van der Waals surface area contributed by atoms with Crippen LogP contribution in [0.4, 0.5) is 5.69 Å². The molecular weight excluding hydrogens is 330 g/mol. The summed E-state index contributed by atoms with van der Waals surface area (Å²) < 4.78 is 0. The average molecular weight is 355 g/mol. The zero-order valence-electron chi connectivity index (χ0n) is 13.6. The van der Waals surface area contributed by atoms with Gasteiger partial charge in [-0.1, -0.05) is 24.4 Å². The lowest BCUT2D eigenvalue weighted by molar-refractivity contribution is -0.145. The van der Waals surface area contributed by atoms with E-state index in [1.165, 1.54) is 0 Å². The van der Waals surface area contributed by atoms with Crippen molar-refractivity contribution in [3.8, 4) is 0 Å². The van der Waals surface area contributed by atoms with E-state index in [9.17, 15) is 9.90 Å². The fourth-order valence-electron chi connectivity index (χ4n) is 3.30. The van der Waals surface area contributed by atoms with Gasteiger partial charge in [-0.2, -0.15) is 0 Å². The number of nitrogens with zero attached hydrogens (tertiary/aromatic N) is 1. The van der Waals surface area contributed by atoms with Crippen LogP contribution in [-0.4, -0.2) is 46.9 Å². The van der Waals surface area contributed by atoms with Gasteiger partial charge in [0, 0.05) is 29.7 Å². The van der Waals surface area contributed by atoms with E-state index >= 15 is 0 Å². The second-order valence-corrected chi connectivity index (χ2v) is 6.92. The number of unbranched alkanes of at least 4 members (excludes halogenated alkanes) is 1. The third-order valence-corrected chi connectivity index (χ3v) is 5.06. The van der Waals surface area contributed by atoms with Crippen LogP contribution >= 0.6 is 11.6 Å². The standard InChI is InChI=1S/C16H24BClN2O4/c18-13-3-5-14(6-4-13)20-10-7-12(11-20)16(19,15(21)22)8-1-2-9-17(23)24/h3-6,12,23-24H,1-2,7-11,19H2,(H,21,22)/t12-,16+/m0/s1. The maximum Gasteiger partial charge on any atom is 0.451 e. The zero-order valence-corrected chi connectivity index (χ0v) is 14.3. The summed E-state index contributed by atoms with van der Waals surface area (Å²) in [5, 5.41) is 28.1. The molecule has 2 atom stereocenters. The van der Waals surface area contributed by atoms with E-state index in [1.54, 1.807) is 0 Å². The Balaban J connectivity index is 1.98. The lowest BCUT2D eigenvalue weighted by Crippen LogP contribution is -2.55. The lowest BCUT2D eigenvalue weighted by Gasteiger charge is -2.31. The molecule has 1 saturated heterocycles. The number of halogens is 1. The van der Waals surface area contributed by atoms with Gasteiger partial charge < -0.3 is 25.8 Å². The Morgan fingerprint density at radius 3 is 2.58 bits per heavy atom. The summed E-state index contributed by atoms with van der Waals surface area (Å²) in [7, 11) is -1.35. The molecule has 0 aliphatic carbocycles. The summed E-state index contributed by atoms with van der Waals surface area (Å²) in [4.78, 5) is 13.9. The number of hydrogen-bond donors (Lipinski definition) is 4. The largest absolute Gasteiger partial charge is 0.480 e. The highest BCUT2D eigenvalue weighted by Crippen LogP contribution is 2.33. The Hall–Kier alpha value is -1.28. The summed E-state index contributed by atoms with van der Waals surface area (Å²) in [5.41, 5.74) is 5.98. The molecule has 1 aliphatic rings. The van der Waals surface area contributed by atoms with Crippen LogP contribution < -0.4 is 10.6 Å². The molecular formula is C16H24BClN2O4. The number of carboxylic acid groups (broad SMARTS) is 1. The first-order chi connectivity index (χ1) is 11.3. The average Bonchev–Trinajstić information content (AvgIpc) is 3.02. The Morgan fingerprint density at radius 2 is 2.00 bits per heavy atom. The summed E-state index contributed by atoms with van der Waals surface area (Å²) in [6.07, 6.45) is 2.37. The molecule has 1 aliphatic heterocycles. The van der Waals surface area contributed by atoms with Crippen molar-refractivity contribution in [2.24, 2.45) is 11.7 Å². The number of benzene rings is 1. The Kier molecular flexibility index (Phi) is 6.51. The van der Waals surface area contributed by atoms with Crippen molar-refractivity contribution in [3.63, 3.8) is 0 Å². The topological polar surface area (TPSA) is 107 Å². The van der Waals surface area contributed by atoms with Gasteiger partial charge in [0.2, 0.25) is 0 Å². The summed E-state index contributed by atoms with van der Waals surface area (Å²) in [5.74, 6) is -1.14. The van der Waals surface area contributed by atoms with E-state index in [0.717, 1.165) is 12.2 Å². The SMILES string of the molecule is N[C@@](CCCCB(O)O)(C(=O)O)[C@H]1CCN(c2ccc(Cl)cc2)C1. The van der Waals surface area contributed by atoms with Crippen LogP contribution in [0.2, 0.25) is 11.3 Å². The molecule has 1 heterocycles. The number of carboxylic acids is 1. The van der Waals surface area contributed by atoms with Crippen LogP contribution in [0.15, 0.2) is 24.3 Å². The highest BCUT2D eigenvalue weighted by molar-refractivity contribution is 6.40. The van der Waals surface area contributed by atoms with Gasteiger partial charge >= 0.3 is 13.1 Å². The molecule has 6 nitrogen and oxygen atoms in total. The molecule has 8 heteroatoms. The number of anilines is 1. The minimum Gasteiger partial charge on any atom is -0.480 e. The predicted molar refractivity (Wildman–Crippen MR) is 95.2 cm³/mol. The Bertz CT molecular complexity index is 558. The van der Waals surface area contributed by atoms with Crippen molar-refractivity contribution in [3.05, 3.63) is 29.3 Å². The Morgan fingerprint density at radius 1 is 1.33 bits per heavy atom. The van der Waals surface area contributed by atoms with Crippen LogP contribution in [0.25, 0.3) is 0 Å². The third-order valence-electron chi connectivity index (χ3n) is 4.81. The summed E-state index contributed by atoms with van der Waals surface area (Å²) in [6, 6.07) is 7.48. The van der Waals surface area contributed by atoms with Crippen molar-refractivity contribution in [2.75, 3.05) is 18.0 Å². The monoisotopic (exact) mass is 354 g/mol. The molecule has 0 unspecified atom stereocenters. The summed E-state index contributed by atoms with van der Waals surface area (Å²) >= 11 is 5.90. The van der Waals surface area contributed by atoms with Crippen molar-refractivity contribution in [2.45, 2.75) is 37.5 Å². The van der Waals surface area contributed by atoms with E-state index in [2.05, 4.69) is 4.90 Å². The van der Waals surface area contributed by atoms with E-state index in [4.69, 9.17) is 27.4 Å². The van der Waals surface area contributed by atoms with Crippen LogP contribution in [0, 0.1) is 5.92 Å². The third kappa shape index (κ3) is 4.63. The molecule has 0 spiro atoms. The maximum absolute atomic E-state index is 11.8. The van der Waals surface area contributed by atoms with Crippen LogP contribution in [0.5, 0.6) is 0 Å². The van der Waals surface area contributed by atoms with E-state index in [1.807, 2.05) is 24.3 Å². The molecule has 0 saturated carbocycles. The Labute approximate surface area is 147 Å². The molecule has 0 amide bonds. The predicted octanol–water partition coefficient (Wildman–Crippen LogP) is 1.59. The molecule has 1 aromatic rings. The number of carbonyl (C=O) groups is 1. The first-order valence-electron chi connectivity index (χ1n) is 8.22. The van der Waals surface area contributed by atoms with Crippen molar-refractivity contribution in [1.82, 2.24) is 0 Å². The van der Waals surface area contributed by atoms with Crippen LogP contribution in [0.3, 0.4) is 0 Å². The first kappa shape index (κ1) is 19.1. The van der Waals surface area contributed by atoms with Crippen molar-refractivity contribution >= 4 is 30.4 Å². The van der Waals surface area contributed by atoms with Crippen molar-refractivity contribution < 1.29 is 19.9 Å². The number of hydrogen-bond acceptors (Lipinski definition) is 5. The fourth-order valence-corrected chi connectivity index (χ4v) is 3.42. The van der Waals surface area contributed by atoms with E-state index in [0.29, 0.717) is 37.3 Å². The van der Waals surface area contributed by atoms with Gasteiger partial charge in [-0.3, -0.25) is 4.79 Å². The van der Waals surface area contributed by atoms with Gasteiger partial charge in [-0.05, 0) is 43.4 Å². The molecule has 2 rings (SSSR count). The van der Waals surface area contributed by atoms with Crippen molar-refractivity contribution in [1.29, 1.82) is 0 Å². The van der Waals surface area contributed by atoms with Gasteiger partial charge in [0.05, 0.1) is 0 Å². The highest BCUT2D eigenvalue weighted by atomic mass is 35.5. The minimum absolute atomic E-state index is 0.148. The van der Waals surface area contributed by atoms with Gasteiger partial charge in [0.15, 0.2) is 0 Å². The summed E-state index contributed by atoms with van der Waals surface area (Å²) in [6.45, 7) is 1.35. The lowest BCUT2D eigenvalue weighted by atomic mass is 9.77. The van der Waals surface area contributed by atoms with E-state index < -0.39 is 18.6 Å². The molecule has 1 fully saturated rings. The smallest absolute Gasteiger partial charge is 0.451 e. The molecule has 5 N–H and O–H groups in total. The number of aliphatic carboxylic acids is 1. The van der Waals surface area contributed by atoms with Gasteiger partial charge in [-0.15, -0.1) is 0 Å². The normalized spacial score (nSPS) is 20.0. The van der Waals surface area contributed by atoms with Crippen LogP contribution in [-0.2, 0) is 4.79 Å². The quantitative estimate of drug-likeness (QED) is 0.417. The van der Waals surface area contributed by atoms with Gasteiger partial charge in [0.25, 0.3) is 0 Å². The maximum atomic E-state index is 11.8. The molecule has 24 heavy (non-hydrogen) atoms. The highest BCUT2D eigenvalue weighted by Gasteiger charge is 2.44. The second kappa shape index (κ2) is 8.20. The molecule has 132 valence electrons. The van der Waals surface area contributed by atoms with Gasteiger partial charge in [-0.25, -0.2) is 0 Å². The number of rotatable bonds is 8. The minimum atomic E-state index is -1.35. The molecule has 1 aromatic carbocycles. The first-order valence-corrected chi connectivity index (χ1v) is 8.59. The molecule has 0 radical (unpaired) electrons.